The summed E-state index contributed by atoms with van der Waals surface area (Å²) in [5.74, 6) is -0.232. The van der Waals surface area contributed by atoms with Crippen LogP contribution < -0.4 is 15.0 Å². The summed E-state index contributed by atoms with van der Waals surface area (Å²) in [5, 5.41) is 3.10. The fourth-order valence-corrected chi connectivity index (χ4v) is 4.69. The van der Waals surface area contributed by atoms with Crippen LogP contribution in [0.3, 0.4) is 0 Å². The molecule has 0 radical (unpaired) electrons. The van der Waals surface area contributed by atoms with Crippen LogP contribution in [-0.2, 0) is 9.59 Å². The van der Waals surface area contributed by atoms with Crippen molar-refractivity contribution in [3.63, 3.8) is 0 Å². The minimum Gasteiger partial charge on any atom is -0.497 e. The Hall–Kier alpha value is -2.93. The van der Waals surface area contributed by atoms with E-state index in [4.69, 9.17) is 4.74 Å². The molecule has 1 aliphatic rings. The summed E-state index contributed by atoms with van der Waals surface area (Å²) in [6.07, 6.45) is 2.87. The van der Waals surface area contributed by atoms with Crippen LogP contribution in [0.25, 0.3) is 0 Å². The molecule has 0 saturated carbocycles. The third-order valence-corrected chi connectivity index (χ3v) is 6.30. The molecule has 0 aromatic heterocycles. The highest BCUT2D eigenvalue weighted by atomic mass is 19.1. The van der Waals surface area contributed by atoms with Crippen molar-refractivity contribution in [2.75, 3.05) is 38.2 Å². The van der Waals surface area contributed by atoms with Crippen molar-refractivity contribution in [1.29, 1.82) is 0 Å². The number of amides is 2. The van der Waals surface area contributed by atoms with E-state index in [0.29, 0.717) is 24.4 Å². The second-order valence-corrected chi connectivity index (χ2v) is 8.74. The van der Waals surface area contributed by atoms with Crippen molar-refractivity contribution < 1.29 is 18.7 Å². The van der Waals surface area contributed by atoms with E-state index in [9.17, 15) is 14.0 Å². The fraction of sp³-hybridized carbons (Fsp3) is 0.481. The summed E-state index contributed by atoms with van der Waals surface area (Å²) in [4.78, 5) is 30.5. The lowest BCUT2D eigenvalue weighted by atomic mass is 9.83. The Bertz CT molecular complexity index is 927. The van der Waals surface area contributed by atoms with Gasteiger partial charge in [0.05, 0.1) is 19.1 Å². The van der Waals surface area contributed by atoms with Crippen molar-refractivity contribution in [3.05, 3.63) is 59.9 Å². The number of nitrogens with one attached hydrogen (secondary N) is 1. The molecule has 0 bridgehead atoms. The van der Waals surface area contributed by atoms with Gasteiger partial charge in [0, 0.05) is 25.2 Å². The van der Waals surface area contributed by atoms with Crippen molar-refractivity contribution in [1.82, 2.24) is 10.2 Å². The number of hydrogen-bond acceptors (Lipinski definition) is 4. The van der Waals surface area contributed by atoms with E-state index >= 15 is 0 Å². The molecule has 34 heavy (non-hydrogen) atoms. The summed E-state index contributed by atoms with van der Waals surface area (Å²) < 4.78 is 18.9. The number of halogens is 1. The third kappa shape index (κ3) is 6.35. The Morgan fingerprint density at radius 1 is 1.06 bits per heavy atom. The molecular weight excluding hydrogens is 433 g/mol. The minimum absolute atomic E-state index is 0.0550. The molecule has 6 nitrogen and oxygen atoms in total. The number of carbonyl (C=O) groups excluding carboxylic acids is 2. The van der Waals surface area contributed by atoms with Crippen LogP contribution in [0.5, 0.6) is 5.75 Å². The van der Waals surface area contributed by atoms with Crippen LogP contribution in [0.15, 0.2) is 48.5 Å². The number of methoxy groups -OCH3 is 1. The SMILES string of the molecule is CCCN(CCC)CCNC(=O)[C@H]1CCC(=O)N(c2ccc(OC)cc2)[C@@H]1c1ccc(F)cc1. The van der Waals surface area contributed by atoms with Gasteiger partial charge in [-0.1, -0.05) is 26.0 Å². The number of nitrogens with zero attached hydrogens (tertiary/aromatic N) is 2. The molecule has 2 amide bonds. The molecule has 0 spiro atoms. The highest BCUT2D eigenvalue weighted by Gasteiger charge is 2.41. The standard InChI is InChI=1S/C27H36FN3O3/c1-4-17-30(18-5-2)19-16-29-27(33)24-14-15-25(32)31(22-10-12-23(34-3)13-11-22)26(24)20-6-8-21(28)9-7-20/h6-13,24,26H,4-5,14-19H2,1-3H3,(H,29,33)/t24-,26+/m0/s1. The number of anilines is 1. The Morgan fingerprint density at radius 2 is 1.71 bits per heavy atom. The van der Waals surface area contributed by atoms with Gasteiger partial charge in [-0.3, -0.25) is 9.59 Å². The van der Waals surface area contributed by atoms with Gasteiger partial charge in [-0.25, -0.2) is 4.39 Å². The largest absolute Gasteiger partial charge is 0.497 e. The molecule has 1 saturated heterocycles. The Balaban J connectivity index is 1.84. The maximum Gasteiger partial charge on any atom is 0.227 e. The average molecular weight is 470 g/mol. The van der Waals surface area contributed by atoms with Gasteiger partial charge in [0.1, 0.15) is 11.6 Å². The smallest absolute Gasteiger partial charge is 0.227 e. The number of ether oxygens (including phenoxy) is 1. The molecule has 1 N–H and O–H groups in total. The molecule has 1 aliphatic heterocycles. The zero-order chi connectivity index (χ0) is 24.5. The van der Waals surface area contributed by atoms with E-state index in [1.54, 1.807) is 36.3 Å². The van der Waals surface area contributed by atoms with Crippen LogP contribution in [0.4, 0.5) is 10.1 Å². The summed E-state index contributed by atoms with van der Waals surface area (Å²) in [6, 6.07) is 12.8. The van der Waals surface area contributed by atoms with Gasteiger partial charge in [-0.05, 0) is 74.3 Å². The summed E-state index contributed by atoms with van der Waals surface area (Å²) in [6.45, 7) is 7.67. The molecule has 0 aliphatic carbocycles. The van der Waals surface area contributed by atoms with E-state index in [-0.39, 0.29) is 24.1 Å². The van der Waals surface area contributed by atoms with E-state index < -0.39 is 12.0 Å². The predicted octanol–water partition coefficient (Wildman–Crippen LogP) is 4.56. The number of carbonyl (C=O) groups is 2. The fourth-order valence-electron chi connectivity index (χ4n) is 4.69. The van der Waals surface area contributed by atoms with E-state index in [2.05, 4.69) is 24.1 Å². The quantitative estimate of drug-likeness (QED) is 0.524. The lowest BCUT2D eigenvalue weighted by Gasteiger charge is -2.41. The molecule has 1 heterocycles. The molecule has 184 valence electrons. The van der Waals surface area contributed by atoms with Crippen LogP contribution in [0.1, 0.15) is 51.1 Å². The van der Waals surface area contributed by atoms with E-state index in [1.807, 2.05) is 12.1 Å². The van der Waals surface area contributed by atoms with Gasteiger partial charge in [-0.15, -0.1) is 0 Å². The number of rotatable bonds is 11. The first-order valence-corrected chi connectivity index (χ1v) is 12.2. The summed E-state index contributed by atoms with van der Waals surface area (Å²) in [7, 11) is 1.59. The van der Waals surface area contributed by atoms with Crippen molar-refractivity contribution in [2.24, 2.45) is 5.92 Å². The number of piperidine rings is 1. The minimum atomic E-state index is -0.516. The molecule has 2 atom stereocenters. The highest BCUT2D eigenvalue weighted by Crippen LogP contribution is 2.40. The number of benzene rings is 2. The van der Waals surface area contributed by atoms with Crippen molar-refractivity contribution >= 4 is 17.5 Å². The van der Waals surface area contributed by atoms with Gasteiger partial charge in [0.15, 0.2) is 0 Å². The van der Waals surface area contributed by atoms with Gasteiger partial charge in [0.25, 0.3) is 0 Å². The first-order chi connectivity index (χ1) is 16.5. The van der Waals surface area contributed by atoms with Crippen molar-refractivity contribution in [2.45, 2.75) is 45.6 Å². The van der Waals surface area contributed by atoms with E-state index in [0.717, 1.165) is 38.0 Å². The third-order valence-electron chi connectivity index (χ3n) is 6.30. The molecule has 7 heteroatoms. The Labute approximate surface area is 202 Å². The molecule has 2 aromatic rings. The van der Waals surface area contributed by atoms with Gasteiger partial charge in [-0.2, -0.15) is 0 Å². The average Bonchev–Trinajstić information content (AvgIpc) is 2.84. The predicted molar refractivity (Wildman–Crippen MR) is 132 cm³/mol. The van der Waals surface area contributed by atoms with E-state index in [1.165, 1.54) is 12.1 Å². The Morgan fingerprint density at radius 3 is 2.29 bits per heavy atom. The second-order valence-electron chi connectivity index (χ2n) is 8.74. The first-order valence-electron chi connectivity index (χ1n) is 12.2. The molecule has 3 rings (SSSR count). The summed E-state index contributed by atoms with van der Waals surface area (Å²) in [5.41, 5.74) is 1.43. The van der Waals surface area contributed by atoms with Crippen LogP contribution in [0.2, 0.25) is 0 Å². The highest BCUT2D eigenvalue weighted by molar-refractivity contribution is 5.97. The Kier molecular flexibility index (Phi) is 9.45. The van der Waals surface area contributed by atoms with Gasteiger partial charge in [0.2, 0.25) is 11.8 Å². The molecule has 2 aromatic carbocycles. The first kappa shape index (κ1) is 25.7. The van der Waals surface area contributed by atoms with Crippen molar-refractivity contribution in [3.8, 4) is 5.75 Å². The second kappa shape index (κ2) is 12.5. The van der Waals surface area contributed by atoms with Crippen LogP contribution in [-0.4, -0.2) is 50.0 Å². The normalized spacial score (nSPS) is 18.3. The molecule has 0 unspecified atom stereocenters. The zero-order valence-corrected chi connectivity index (χ0v) is 20.4. The maximum absolute atomic E-state index is 13.7. The van der Waals surface area contributed by atoms with Gasteiger partial charge >= 0.3 is 0 Å². The zero-order valence-electron chi connectivity index (χ0n) is 20.4. The van der Waals surface area contributed by atoms with Crippen LogP contribution in [0, 0.1) is 11.7 Å². The molecule has 1 fully saturated rings. The topological polar surface area (TPSA) is 61.9 Å². The number of hydrogen-bond donors (Lipinski definition) is 1. The lowest BCUT2D eigenvalue weighted by molar-refractivity contribution is -0.129. The monoisotopic (exact) mass is 469 g/mol. The van der Waals surface area contributed by atoms with Crippen LogP contribution >= 0.6 is 0 Å². The maximum atomic E-state index is 13.7. The molecular formula is C27H36FN3O3. The summed E-state index contributed by atoms with van der Waals surface area (Å²) >= 11 is 0. The van der Waals surface area contributed by atoms with Gasteiger partial charge < -0.3 is 19.9 Å². The lowest BCUT2D eigenvalue weighted by Crippen LogP contribution is -2.49.